The second-order valence-electron chi connectivity index (χ2n) is 4.39. The molecule has 0 saturated carbocycles. The average Bonchev–Trinajstić information content (AvgIpc) is 2.21. The van der Waals surface area contributed by atoms with E-state index in [1.165, 1.54) is 58.3 Å². The van der Waals surface area contributed by atoms with Gasteiger partial charge in [-0.1, -0.05) is 20.3 Å². The highest BCUT2D eigenvalue weighted by atomic mass is 15.2. The van der Waals surface area contributed by atoms with Crippen molar-refractivity contribution in [3.63, 3.8) is 0 Å². The standard InChI is InChI=1S/C12H26N2/c1-3-8-13-11-12-7-5-6-10-14(12)9-4-2/h12-13H,3-11H2,1-2H3/t12-/m1/s1. The molecule has 84 valence electrons. The van der Waals surface area contributed by atoms with Crippen LogP contribution in [-0.2, 0) is 0 Å². The molecule has 14 heavy (non-hydrogen) atoms. The molecule has 1 saturated heterocycles. The number of hydrogen-bond donors (Lipinski definition) is 1. The maximum absolute atomic E-state index is 3.55. The van der Waals surface area contributed by atoms with Gasteiger partial charge in [0.25, 0.3) is 0 Å². The average molecular weight is 198 g/mol. The third kappa shape index (κ3) is 3.97. The zero-order valence-corrected chi connectivity index (χ0v) is 9.89. The predicted octanol–water partition coefficient (Wildman–Crippen LogP) is 2.25. The summed E-state index contributed by atoms with van der Waals surface area (Å²) in [6.45, 7) is 9.51. The zero-order chi connectivity index (χ0) is 10.2. The molecular formula is C12H26N2. The van der Waals surface area contributed by atoms with Crippen LogP contribution >= 0.6 is 0 Å². The second kappa shape index (κ2) is 7.24. The monoisotopic (exact) mass is 198 g/mol. The van der Waals surface area contributed by atoms with Crippen LogP contribution in [0.2, 0.25) is 0 Å². The lowest BCUT2D eigenvalue weighted by molar-refractivity contribution is 0.146. The summed E-state index contributed by atoms with van der Waals surface area (Å²) in [4.78, 5) is 2.67. The Morgan fingerprint density at radius 3 is 2.79 bits per heavy atom. The summed E-state index contributed by atoms with van der Waals surface area (Å²) < 4.78 is 0. The van der Waals surface area contributed by atoms with Gasteiger partial charge >= 0.3 is 0 Å². The first-order chi connectivity index (χ1) is 6.88. The normalized spacial score (nSPS) is 24.0. The number of nitrogens with zero attached hydrogens (tertiary/aromatic N) is 1. The molecule has 0 aliphatic carbocycles. The molecule has 0 amide bonds. The minimum absolute atomic E-state index is 0.815. The first kappa shape index (κ1) is 12.0. The van der Waals surface area contributed by atoms with Gasteiger partial charge in [0.15, 0.2) is 0 Å². The van der Waals surface area contributed by atoms with Crippen LogP contribution in [0.3, 0.4) is 0 Å². The zero-order valence-electron chi connectivity index (χ0n) is 9.89. The summed E-state index contributed by atoms with van der Waals surface area (Å²) in [6.07, 6.45) is 6.78. The van der Waals surface area contributed by atoms with Crippen molar-refractivity contribution in [2.45, 2.75) is 52.0 Å². The largest absolute Gasteiger partial charge is 0.315 e. The van der Waals surface area contributed by atoms with Gasteiger partial charge in [-0.3, -0.25) is 4.90 Å². The summed E-state index contributed by atoms with van der Waals surface area (Å²) in [5.41, 5.74) is 0. The van der Waals surface area contributed by atoms with Gasteiger partial charge in [0.1, 0.15) is 0 Å². The maximum Gasteiger partial charge on any atom is 0.0220 e. The second-order valence-corrected chi connectivity index (χ2v) is 4.39. The summed E-state index contributed by atoms with van der Waals surface area (Å²) in [6, 6.07) is 0.815. The van der Waals surface area contributed by atoms with E-state index in [1.54, 1.807) is 0 Å². The van der Waals surface area contributed by atoms with Crippen LogP contribution in [0.15, 0.2) is 0 Å². The molecule has 1 aliphatic rings. The summed E-state index contributed by atoms with van der Waals surface area (Å²) in [5, 5.41) is 3.55. The van der Waals surface area contributed by atoms with Gasteiger partial charge in [-0.2, -0.15) is 0 Å². The summed E-state index contributed by atoms with van der Waals surface area (Å²) in [7, 11) is 0. The van der Waals surface area contributed by atoms with E-state index in [0.29, 0.717) is 0 Å². The van der Waals surface area contributed by atoms with Crippen LogP contribution in [0.1, 0.15) is 46.0 Å². The Balaban J connectivity index is 2.22. The summed E-state index contributed by atoms with van der Waals surface area (Å²) in [5.74, 6) is 0. The van der Waals surface area contributed by atoms with Gasteiger partial charge in [0.2, 0.25) is 0 Å². The van der Waals surface area contributed by atoms with E-state index in [1.807, 2.05) is 0 Å². The van der Waals surface area contributed by atoms with Gasteiger partial charge in [-0.15, -0.1) is 0 Å². The molecule has 1 aliphatic heterocycles. The van der Waals surface area contributed by atoms with Crippen LogP contribution in [0.4, 0.5) is 0 Å². The SMILES string of the molecule is CCCNC[C@H]1CCCCN1CCC. The van der Waals surface area contributed by atoms with Gasteiger partial charge in [-0.05, 0) is 45.3 Å². The molecule has 1 heterocycles. The quantitative estimate of drug-likeness (QED) is 0.659. The highest BCUT2D eigenvalue weighted by molar-refractivity contribution is 4.78. The van der Waals surface area contributed by atoms with E-state index in [-0.39, 0.29) is 0 Å². The molecule has 0 aromatic carbocycles. The summed E-state index contributed by atoms with van der Waals surface area (Å²) >= 11 is 0. The number of rotatable bonds is 6. The van der Waals surface area contributed by atoms with Crippen LogP contribution < -0.4 is 5.32 Å². The molecule has 0 spiro atoms. The molecule has 0 unspecified atom stereocenters. The van der Waals surface area contributed by atoms with Crippen molar-refractivity contribution in [2.24, 2.45) is 0 Å². The maximum atomic E-state index is 3.55. The van der Waals surface area contributed by atoms with Crippen molar-refractivity contribution in [1.29, 1.82) is 0 Å². The molecule has 0 aromatic rings. The number of piperidine rings is 1. The highest BCUT2D eigenvalue weighted by Crippen LogP contribution is 2.16. The van der Waals surface area contributed by atoms with Crippen molar-refractivity contribution in [2.75, 3.05) is 26.2 Å². The van der Waals surface area contributed by atoms with Gasteiger partial charge in [0, 0.05) is 12.6 Å². The number of likely N-dealkylation sites (tertiary alicyclic amines) is 1. The first-order valence-electron chi connectivity index (χ1n) is 6.33. The Bertz CT molecular complexity index is 134. The van der Waals surface area contributed by atoms with E-state index in [4.69, 9.17) is 0 Å². The van der Waals surface area contributed by atoms with E-state index in [2.05, 4.69) is 24.1 Å². The molecule has 0 bridgehead atoms. The van der Waals surface area contributed by atoms with Crippen molar-refractivity contribution in [3.05, 3.63) is 0 Å². The van der Waals surface area contributed by atoms with Crippen LogP contribution in [0.25, 0.3) is 0 Å². The highest BCUT2D eigenvalue weighted by Gasteiger charge is 2.20. The smallest absolute Gasteiger partial charge is 0.0220 e. The molecule has 0 radical (unpaired) electrons. The Hall–Kier alpha value is -0.0800. The van der Waals surface area contributed by atoms with Crippen molar-refractivity contribution in [3.8, 4) is 0 Å². The molecule has 1 rings (SSSR count). The van der Waals surface area contributed by atoms with E-state index in [0.717, 1.165) is 6.04 Å². The predicted molar refractivity (Wildman–Crippen MR) is 62.7 cm³/mol. The van der Waals surface area contributed by atoms with Crippen LogP contribution in [0, 0.1) is 0 Å². The molecular weight excluding hydrogens is 172 g/mol. The lowest BCUT2D eigenvalue weighted by Gasteiger charge is -2.35. The lowest BCUT2D eigenvalue weighted by Crippen LogP contribution is -2.45. The molecule has 2 nitrogen and oxygen atoms in total. The Labute approximate surface area is 89.1 Å². The Kier molecular flexibility index (Phi) is 6.20. The fourth-order valence-electron chi connectivity index (χ4n) is 2.32. The number of hydrogen-bond acceptors (Lipinski definition) is 2. The van der Waals surface area contributed by atoms with Crippen LogP contribution in [0.5, 0.6) is 0 Å². The van der Waals surface area contributed by atoms with Crippen molar-refractivity contribution in [1.82, 2.24) is 10.2 Å². The van der Waals surface area contributed by atoms with Crippen LogP contribution in [-0.4, -0.2) is 37.1 Å². The van der Waals surface area contributed by atoms with E-state index >= 15 is 0 Å². The minimum atomic E-state index is 0.815. The first-order valence-corrected chi connectivity index (χ1v) is 6.33. The molecule has 1 fully saturated rings. The van der Waals surface area contributed by atoms with Gasteiger partial charge in [-0.25, -0.2) is 0 Å². The van der Waals surface area contributed by atoms with Crippen molar-refractivity contribution < 1.29 is 0 Å². The molecule has 1 atom stereocenters. The minimum Gasteiger partial charge on any atom is -0.315 e. The Morgan fingerprint density at radius 2 is 2.07 bits per heavy atom. The third-order valence-corrected chi connectivity index (χ3v) is 3.07. The van der Waals surface area contributed by atoms with E-state index < -0.39 is 0 Å². The van der Waals surface area contributed by atoms with E-state index in [9.17, 15) is 0 Å². The fraction of sp³-hybridized carbons (Fsp3) is 1.00. The third-order valence-electron chi connectivity index (χ3n) is 3.07. The lowest BCUT2D eigenvalue weighted by atomic mass is 10.0. The molecule has 2 heteroatoms. The molecule has 1 N–H and O–H groups in total. The topological polar surface area (TPSA) is 15.3 Å². The molecule has 0 aromatic heterocycles. The van der Waals surface area contributed by atoms with Crippen molar-refractivity contribution >= 4 is 0 Å². The Morgan fingerprint density at radius 1 is 1.21 bits per heavy atom. The van der Waals surface area contributed by atoms with Gasteiger partial charge < -0.3 is 5.32 Å². The fourth-order valence-corrected chi connectivity index (χ4v) is 2.32. The van der Waals surface area contributed by atoms with Gasteiger partial charge in [0.05, 0.1) is 0 Å². The number of nitrogens with one attached hydrogen (secondary N) is 1.